The lowest BCUT2D eigenvalue weighted by atomic mass is 10.0. The Labute approximate surface area is 103 Å². The van der Waals surface area contributed by atoms with Crippen LogP contribution in [-0.2, 0) is 11.2 Å². The van der Waals surface area contributed by atoms with Gasteiger partial charge in [-0.1, -0.05) is 12.1 Å². The molecule has 5 heteroatoms. The number of furan rings is 1. The van der Waals surface area contributed by atoms with Crippen LogP contribution >= 0.6 is 0 Å². The van der Waals surface area contributed by atoms with Crippen LogP contribution in [-0.4, -0.2) is 11.9 Å². The second-order valence-corrected chi connectivity index (χ2v) is 4.22. The van der Waals surface area contributed by atoms with Gasteiger partial charge in [-0.2, -0.15) is 0 Å². The molecule has 0 saturated heterocycles. The van der Waals surface area contributed by atoms with E-state index >= 15 is 0 Å². The fourth-order valence-corrected chi connectivity index (χ4v) is 2.02. The molecule has 1 aliphatic heterocycles. The lowest BCUT2D eigenvalue weighted by Gasteiger charge is -2.23. The van der Waals surface area contributed by atoms with E-state index in [1.54, 1.807) is 12.1 Å². The van der Waals surface area contributed by atoms with Crippen molar-refractivity contribution in [3.8, 4) is 0 Å². The molecule has 2 aromatic rings. The molecule has 1 aromatic carbocycles. The Bertz CT molecular complexity index is 594. The highest BCUT2D eigenvalue weighted by atomic mass is 19.1. The number of nitrogens with one attached hydrogen (secondary N) is 2. The van der Waals surface area contributed by atoms with E-state index in [4.69, 9.17) is 4.42 Å². The average molecular weight is 246 g/mol. The van der Waals surface area contributed by atoms with Gasteiger partial charge in [-0.25, -0.2) is 4.39 Å². The van der Waals surface area contributed by atoms with Crippen LogP contribution in [0.3, 0.4) is 0 Å². The van der Waals surface area contributed by atoms with Crippen LogP contribution in [0.5, 0.6) is 0 Å². The van der Waals surface area contributed by atoms with Crippen LogP contribution in [0.15, 0.2) is 41.2 Å². The highest BCUT2D eigenvalue weighted by Crippen LogP contribution is 2.28. The third-order valence-electron chi connectivity index (χ3n) is 2.89. The van der Waals surface area contributed by atoms with E-state index < -0.39 is 6.04 Å². The topological polar surface area (TPSA) is 54.3 Å². The summed E-state index contributed by atoms with van der Waals surface area (Å²) in [5.41, 5.74) is 2.15. The van der Waals surface area contributed by atoms with E-state index in [1.807, 2.05) is 0 Å². The molecule has 1 aliphatic rings. The Kier molecular flexibility index (Phi) is 2.51. The molecule has 4 nitrogen and oxygen atoms in total. The average Bonchev–Trinajstić information content (AvgIpc) is 2.76. The van der Waals surface area contributed by atoms with Gasteiger partial charge in [0, 0.05) is 6.42 Å². The van der Waals surface area contributed by atoms with Gasteiger partial charge >= 0.3 is 0 Å². The van der Waals surface area contributed by atoms with Crippen molar-refractivity contribution in [3.63, 3.8) is 0 Å². The fraction of sp³-hybridized carbons (Fsp3) is 0.154. The maximum absolute atomic E-state index is 13.1. The van der Waals surface area contributed by atoms with E-state index in [0.717, 1.165) is 11.3 Å². The number of rotatable bonds is 2. The molecule has 1 unspecified atom stereocenters. The van der Waals surface area contributed by atoms with Gasteiger partial charge in [0.15, 0.2) is 0 Å². The van der Waals surface area contributed by atoms with Gasteiger partial charge in [-0.05, 0) is 17.7 Å². The first-order valence-corrected chi connectivity index (χ1v) is 5.60. The summed E-state index contributed by atoms with van der Waals surface area (Å²) in [4.78, 5) is 11.8. The maximum atomic E-state index is 13.1. The first kappa shape index (κ1) is 10.8. The summed E-state index contributed by atoms with van der Waals surface area (Å²) in [6.45, 7) is 0. The molecule has 1 atom stereocenters. The molecule has 0 bridgehead atoms. The zero-order valence-electron chi connectivity index (χ0n) is 9.44. The molecular weight excluding hydrogens is 235 g/mol. The molecule has 0 fully saturated rings. The first-order valence-electron chi connectivity index (χ1n) is 5.60. The minimum absolute atomic E-state index is 0.145. The fourth-order valence-electron chi connectivity index (χ4n) is 2.02. The predicted octanol–water partition coefficient (Wildman–Crippen LogP) is 2.39. The number of carbonyl (C=O) groups excluding carboxylic acids is 1. The molecule has 0 saturated carbocycles. The normalized spacial score (nSPS) is 17.8. The van der Waals surface area contributed by atoms with Crippen molar-refractivity contribution in [1.29, 1.82) is 0 Å². The van der Waals surface area contributed by atoms with E-state index in [-0.39, 0.29) is 11.7 Å². The maximum Gasteiger partial charge on any atom is 0.247 e. The molecule has 0 radical (unpaired) electrons. The summed E-state index contributed by atoms with van der Waals surface area (Å²) >= 11 is 0. The number of benzene rings is 1. The van der Waals surface area contributed by atoms with Gasteiger partial charge in [-0.3, -0.25) is 4.79 Å². The SMILES string of the molecule is O=C1Nc2cocc2NC1Cc1cccc(F)c1. The standard InChI is InChI=1S/C13H11FN2O2/c14-9-3-1-2-8(4-9)5-10-13(17)16-12-7-18-6-11(12)15-10/h1-4,6-7,10,15H,5H2,(H,16,17). The van der Waals surface area contributed by atoms with Crippen molar-refractivity contribution in [2.24, 2.45) is 0 Å². The zero-order valence-corrected chi connectivity index (χ0v) is 9.44. The van der Waals surface area contributed by atoms with E-state index in [2.05, 4.69) is 10.6 Å². The number of amides is 1. The van der Waals surface area contributed by atoms with Crippen LogP contribution in [0.4, 0.5) is 15.8 Å². The van der Waals surface area contributed by atoms with Gasteiger partial charge in [-0.15, -0.1) is 0 Å². The van der Waals surface area contributed by atoms with Crippen molar-refractivity contribution in [2.75, 3.05) is 10.6 Å². The summed E-state index contributed by atoms with van der Waals surface area (Å²) in [5, 5.41) is 5.80. The molecular formula is C13H11FN2O2. The number of hydrogen-bond donors (Lipinski definition) is 2. The highest BCUT2D eigenvalue weighted by molar-refractivity contribution is 6.02. The van der Waals surface area contributed by atoms with Gasteiger partial charge < -0.3 is 15.1 Å². The minimum atomic E-state index is -0.420. The second-order valence-electron chi connectivity index (χ2n) is 4.22. The van der Waals surface area contributed by atoms with Crippen molar-refractivity contribution in [2.45, 2.75) is 12.5 Å². The molecule has 92 valence electrons. The molecule has 2 heterocycles. The van der Waals surface area contributed by atoms with Crippen LogP contribution < -0.4 is 10.6 Å². The summed E-state index contributed by atoms with van der Waals surface area (Å²) in [7, 11) is 0. The molecule has 18 heavy (non-hydrogen) atoms. The largest absolute Gasteiger partial charge is 0.468 e. The van der Waals surface area contributed by atoms with Crippen molar-refractivity contribution in [1.82, 2.24) is 0 Å². The smallest absolute Gasteiger partial charge is 0.247 e. The highest BCUT2D eigenvalue weighted by Gasteiger charge is 2.26. The van der Waals surface area contributed by atoms with Crippen LogP contribution in [0.25, 0.3) is 0 Å². The Morgan fingerprint density at radius 2 is 2.11 bits per heavy atom. The molecule has 0 aliphatic carbocycles. The molecule has 2 N–H and O–H groups in total. The molecule has 0 spiro atoms. The third kappa shape index (κ3) is 1.95. The first-order chi connectivity index (χ1) is 8.72. The molecule has 3 rings (SSSR count). The molecule has 1 amide bonds. The lowest BCUT2D eigenvalue weighted by molar-refractivity contribution is -0.117. The monoisotopic (exact) mass is 246 g/mol. The predicted molar refractivity (Wildman–Crippen MR) is 64.9 cm³/mol. The lowest BCUT2D eigenvalue weighted by Crippen LogP contribution is -2.39. The van der Waals surface area contributed by atoms with Crippen molar-refractivity contribution in [3.05, 3.63) is 48.2 Å². The summed E-state index contributed by atoms with van der Waals surface area (Å²) in [6, 6.07) is 5.82. The van der Waals surface area contributed by atoms with E-state index in [1.165, 1.54) is 24.7 Å². The van der Waals surface area contributed by atoms with Gasteiger partial charge in [0.2, 0.25) is 5.91 Å². The Morgan fingerprint density at radius 1 is 1.28 bits per heavy atom. The Morgan fingerprint density at radius 3 is 2.94 bits per heavy atom. The zero-order chi connectivity index (χ0) is 12.5. The second kappa shape index (κ2) is 4.18. The number of anilines is 2. The van der Waals surface area contributed by atoms with Crippen LogP contribution in [0.1, 0.15) is 5.56 Å². The van der Waals surface area contributed by atoms with Crippen molar-refractivity contribution < 1.29 is 13.6 Å². The van der Waals surface area contributed by atoms with Gasteiger partial charge in [0.1, 0.15) is 30.1 Å². The summed E-state index contributed by atoms with van der Waals surface area (Å²) in [5.74, 6) is -0.444. The van der Waals surface area contributed by atoms with Crippen LogP contribution in [0, 0.1) is 5.82 Å². The van der Waals surface area contributed by atoms with E-state index in [9.17, 15) is 9.18 Å². The van der Waals surface area contributed by atoms with Gasteiger partial charge in [0.05, 0.1) is 5.69 Å². The third-order valence-corrected chi connectivity index (χ3v) is 2.89. The van der Waals surface area contributed by atoms with Crippen LogP contribution in [0.2, 0.25) is 0 Å². The minimum Gasteiger partial charge on any atom is -0.468 e. The van der Waals surface area contributed by atoms with E-state index in [0.29, 0.717) is 12.1 Å². The molecule has 1 aromatic heterocycles. The summed E-state index contributed by atoms with van der Waals surface area (Å²) < 4.78 is 18.1. The Balaban J connectivity index is 1.80. The Hall–Kier alpha value is -2.30. The van der Waals surface area contributed by atoms with Gasteiger partial charge in [0.25, 0.3) is 0 Å². The number of fused-ring (bicyclic) bond motifs is 1. The number of carbonyl (C=O) groups is 1. The number of hydrogen-bond acceptors (Lipinski definition) is 3. The van der Waals surface area contributed by atoms with Crippen molar-refractivity contribution >= 4 is 17.3 Å². The summed E-state index contributed by atoms with van der Waals surface area (Å²) in [6.07, 6.45) is 3.43. The quantitative estimate of drug-likeness (QED) is 0.855. The number of halogens is 1.